The van der Waals surface area contributed by atoms with E-state index >= 15 is 0 Å². The fourth-order valence-electron chi connectivity index (χ4n) is 2.98. The number of nitrogens with zero attached hydrogens (tertiary/aromatic N) is 1. The van der Waals surface area contributed by atoms with Crippen molar-refractivity contribution in [2.24, 2.45) is 0 Å². The Balaban J connectivity index is 1.31. The molecule has 5 nitrogen and oxygen atoms in total. The van der Waals surface area contributed by atoms with Crippen LogP contribution in [0.4, 0.5) is 0 Å². The Morgan fingerprint density at radius 1 is 1.08 bits per heavy atom. The maximum absolute atomic E-state index is 12.1. The van der Waals surface area contributed by atoms with Gasteiger partial charge in [-0.3, -0.25) is 4.79 Å². The highest BCUT2D eigenvalue weighted by molar-refractivity contribution is 5.84. The number of hydrogen-bond donors (Lipinski definition) is 2. The average molecular weight is 345 g/mol. The molecule has 2 heterocycles. The number of carbonyl (C=O) groups excluding carboxylic acids is 1. The topological polar surface area (TPSA) is 70.9 Å². The fourth-order valence-corrected chi connectivity index (χ4v) is 2.98. The molecule has 130 valence electrons. The molecule has 0 saturated heterocycles. The second kappa shape index (κ2) is 7.27. The number of aryl methyl sites for hydroxylation is 1. The number of para-hydroxylation sites is 1. The zero-order valence-electron chi connectivity index (χ0n) is 14.2. The minimum Gasteiger partial charge on any atom is -0.439 e. The van der Waals surface area contributed by atoms with Crippen molar-refractivity contribution in [1.29, 1.82) is 0 Å². The van der Waals surface area contributed by atoms with Crippen molar-refractivity contribution in [2.75, 3.05) is 0 Å². The molecule has 5 heteroatoms. The first kappa shape index (κ1) is 16.1. The minimum absolute atomic E-state index is 0.0188. The second-order valence-electron chi connectivity index (χ2n) is 6.12. The molecule has 0 aliphatic carbocycles. The lowest BCUT2D eigenvalue weighted by atomic mass is 10.1. The van der Waals surface area contributed by atoms with Crippen molar-refractivity contribution in [3.63, 3.8) is 0 Å². The number of rotatable bonds is 6. The van der Waals surface area contributed by atoms with Gasteiger partial charge in [0.1, 0.15) is 0 Å². The molecule has 0 atom stereocenters. The molecule has 2 N–H and O–H groups in total. The summed E-state index contributed by atoms with van der Waals surface area (Å²) < 4.78 is 5.70. The zero-order valence-corrected chi connectivity index (χ0v) is 14.2. The molecule has 2 aromatic heterocycles. The predicted molar refractivity (Wildman–Crippen MR) is 100 cm³/mol. The quantitative estimate of drug-likeness (QED) is 0.553. The summed E-state index contributed by atoms with van der Waals surface area (Å²) in [5, 5.41) is 4.04. The van der Waals surface area contributed by atoms with Gasteiger partial charge in [0.15, 0.2) is 5.76 Å². The summed E-state index contributed by atoms with van der Waals surface area (Å²) in [6.07, 6.45) is 4.77. The molecule has 0 fully saturated rings. The Hall–Kier alpha value is -3.34. The van der Waals surface area contributed by atoms with Crippen LogP contribution >= 0.6 is 0 Å². The van der Waals surface area contributed by atoms with Crippen molar-refractivity contribution in [3.8, 4) is 11.3 Å². The number of carbonyl (C=O) groups is 1. The molecule has 0 unspecified atom stereocenters. The van der Waals surface area contributed by atoms with Gasteiger partial charge in [-0.25, -0.2) is 4.98 Å². The van der Waals surface area contributed by atoms with Crippen molar-refractivity contribution < 1.29 is 9.21 Å². The number of nitrogens with one attached hydrogen (secondary N) is 2. The fraction of sp³-hybridized carbons (Fsp3) is 0.143. The first-order valence-electron chi connectivity index (χ1n) is 8.61. The van der Waals surface area contributed by atoms with Crippen LogP contribution in [-0.2, 0) is 17.8 Å². The SMILES string of the molecule is O=C(CCc1c[nH]c2ccccc12)NCc1ncc(-c2ccccc2)o1. The number of aromatic amines is 1. The van der Waals surface area contributed by atoms with Crippen LogP contribution in [0.25, 0.3) is 22.2 Å². The van der Waals surface area contributed by atoms with E-state index in [9.17, 15) is 4.79 Å². The molecule has 0 bridgehead atoms. The summed E-state index contributed by atoms with van der Waals surface area (Å²) in [6, 6.07) is 17.9. The lowest BCUT2D eigenvalue weighted by Gasteiger charge is -2.02. The van der Waals surface area contributed by atoms with Gasteiger partial charge in [0, 0.05) is 29.1 Å². The number of amides is 1. The van der Waals surface area contributed by atoms with Crippen molar-refractivity contribution in [2.45, 2.75) is 19.4 Å². The van der Waals surface area contributed by atoms with E-state index in [2.05, 4.69) is 21.4 Å². The highest BCUT2D eigenvalue weighted by Gasteiger charge is 2.09. The molecular weight excluding hydrogens is 326 g/mol. The minimum atomic E-state index is -0.0188. The highest BCUT2D eigenvalue weighted by Crippen LogP contribution is 2.20. The maximum atomic E-state index is 12.1. The zero-order chi connectivity index (χ0) is 17.8. The Bertz CT molecular complexity index is 1020. The monoisotopic (exact) mass is 345 g/mol. The molecule has 4 aromatic rings. The molecule has 2 aromatic carbocycles. The maximum Gasteiger partial charge on any atom is 0.220 e. The Morgan fingerprint density at radius 3 is 2.77 bits per heavy atom. The van der Waals surface area contributed by atoms with Crippen LogP contribution in [0.2, 0.25) is 0 Å². The van der Waals surface area contributed by atoms with Gasteiger partial charge in [0.25, 0.3) is 0 Å². The van der Waals surface area contributed by atoms with Gasteiger partial charge in [-0.05, 0) is 18.1 Å². The van der Waals surface area contributed by atoms with Crippen LogP contribution in [0.15, 0.2) is 71.4 Å². The second-order valence-corrected chi connectivity index (χ2v) is 6.12. The van der Waals surface area contributed by atoms with Crippen LogP contribution in [-0.4, -0.2) is 15.9 Å². The summed E-state index contributed by atoms with van der Waals surface area (Å²) in [7, 11) is 0. The lowest BCUT2D eigenvalue weighted by molar-refractivity contribution is -0.121. The Kier molecular flexibility index (Phi) is 4.51. The molecule has 0 aliphatic heterocycles. The normalized spacial score (nSPS) is 10.9. The highest BCUT2D eigenvalue weighted by atomic mass is 16.4. The van der Waals surface area contributed by atoms with Gasteiger partial charge in [-0.15, -0.1) is 0 Å². The van der Waals surface area contributed by atoms with Gasteiger partial charge >= 0.3 is 0 Å². The Labute approximate surface area is 151 Å². The lowest BCUT2D eigenvalue weighted by Crippen LogP contribution is -2.23. The third-order valence-electron chi connectivity index (χ3n) is 4.34. The van der Waals surface area contributed by atoms with E-state index in [0.717, 1.165) is 16.6 Å². The molecule has 26 heavy (non-hydrogen) atoms. The summed E-state index contributed by atoms with van der Waals surface area (Å²) in [4.78, 5) is 19.6. The van der Waals surface area contributed by atoms with Gasteiger partial charge in [-0.2, -0.15) is 0 Å². The largest absolute Gasteiger partial charge is 0.439 e. The van der Waals surface area contributed by atoms with E-state index in [-0.39, 0.29) is 5.91 Å². The number of oxazole rings is 1. The molecule has 4 rings (SSSR count). The van der Waals surface area contributed by atoms with E-state index < -0.39 is 0 Å². The number of aromatic nitrogens is 2. The third-order valence-corrected chi connectivity index (χ3v) is 4.34. The Morgan fingerprint density at radius 2 is 1.88 bits per heavy atom. The molecular formula is C21H19N3O2. The number of benzene rings is 2. The predicted octanol–water partition coefficient (Wildman–Crippen LogP) is 4.07. The van der Waals surface area contributed by atoms with Crippen molar-refractivity contribution >= 4 is 16.8 Å². The molecule has 1 amide bonds. The average Bonchev–Trinajstić information content (AvgIpc) is 3.33. The van der Waals surface area contributed by atoms with Gasteiger partial charge < -0.3 is 14.7 Å². The van der Waals surface area contributed by atoms with E-state index in [0.29, 0.717) is 31.0 Å². The molecule has 0 spiro atoms. The van der Waals surface area contributed by atoms with E-state index in [1.165, 1.54) is 5.39 Å². The standard InChI is InChI=1S/C21H19N3O2/c25-20(11-10-16-12-22-18-9-5-4-8-17(16)18)23-14-21-24-13-19(26-21)15-6-2-1-3-7-15/h1-9,12-13,22H,10-11,14H2,(H,23,25). The summed E-state index contributed by atoms with van der Waals surface area (Å²) in [5.74, 6) is 1.19. The number of H-pyrrole nitrogens is 1. The summed E-state index contributed by atoms with van der Waals surface area (Å²) in [5.41, 5.74) is 3.21. The van der Waals surface area contributed by atoms with Crippen LogP contribution in [0.3, 0.4) is 0 Å². The molecule has 0 saturated carbocycles. The third kappa shape index (κ3) is 3.52. The van der Waals surface area contributed by atoms with E-state index in [1.807, 2.05) is 54.7 Å². The van der Waals surface area contributed by atoms with Gasteiger partial charge in [0.05, 0.1) is 12.7 Å². The number of fused-ring (bicyclic) bond motifs is 1. The summed E-state index contributed by atoms with van der Waals surface area (Å²) >= 11 is 0. The van der Waals surface area contributed by atoms with E-state index in [1.54, 1.807) is 6.20 Å². The van der Waals surface area contributed by atoms with Crippen molar-refractivity contribution in [1.82, 2.24) is 15.3 Å². The van der Waals surface area contributed by atoms with Crippen LogP contribution < -0.4 is 5.32 Å². The number of hydrogen-bond acceptors (Lipinski definition) is 3. The first-order valence-corrected chi connectivity index (χ1v) is 8.61. The van der Waals surface area contributed by atoms with Crippen LogP contribution in [0.1, 0.15) is 17.9 Å². The van der Waals surface area contributed by atoms with Gasteiger partial charge in [-0.1, -0.05) is 48.5 Å². The summed E-state index contributed by atoms with van der Waals surface area (Å²) in [6.45, 7) is 0.291. The molecule has 0 aliphatic rings. The first-order chi connectivity index (χ1) is 12.8. The van der Waals surface area contributed by atoms with Crippen LogP contribution in [0.5, 0.6) is 0 Å². The molecule has 0 radical (unpaired) electrons. The van der Waals surface area contributed by atoms with Crippen molar-refractivity contribution in [3.05, 3.63) is 78.4 Å². The van der Waals surface area contributed by atoms with E-state index in [4.69, 9.17) is 4.42 Å². The van der Waals surface area contributed by atoms with Crippen LogP contribution in [0, 0.1) is 0 Å². The van der Waals surface area contributed by atoms with Gasteiger partial charge in [0.2, 0.25) is 11.8 Å². The smallest absolute Gasteiger partial charge is 0.220 e.